The van der Waals surface area contributed by atoms with Crippen molar-refractivity contribution >= 4 is 35.4 Å². The van der Waals surface area contributed by atoms with E-state index in [0.717, 1.165) is 56.7 Å². The Hall–Kier alpha value is -7.58. The average molecular weight is 857 g/mol. The van der Waals surface area contributed by atoms with Gasteiger partial charge in [-0.3, -0.25) is 19.2 Å². The van der Waals surface area contributed by atoms with Crippen molar-refractivity contribution in [3.05, 3.63) is 154 Å². The molecule has 15 heteroatoms. The molecule has 0 fully saturated rings. The fourth-order valence-electron chi connectivity index (χ4n) is 7.34. The molecule has 3 heterocycles. The number of nitrogens with two attached hydrogens (primary N) is 2. The molecule has 7 N–H and O–H groups in total. The molecule has 0 unspecified atom stereocenters. The van der Waals surface area contributed by atoms with Gasteiger partial charge in [-0.15, -0.1) is 0 Å². The summed E-state index contributed by atoms with van der Waals surface area (Å²) < 4.78 is 11.6. The van der Waals surface area contributed by atoms with Crippen LogP contribution in [0.3, 0.4) is 0 Å². The number of carboxylic acid groups (broad SMARTS) is 2. The Labute approximate surface area is 362 Å². The summed E-state index contributed by atoms with van der Waals surface area (Å²) in [6.07, 6.45) is 4.25. The smallest absolute Gasteiger partial charge is 0.303 e. The quantitative estimate of drug-likeness (QED) is 0.0715. The van der Waals surface area contributed by atoms with Gasteiger partial charge in [-0.2, -0.15) is 0 Å². The normalized spacial score (nSPS) is 10.9. The fraction of sp³-hybridized carbons (Fsp3) is 0.170. The number of carboxylic acids is 2. The first-order valence-electron chi connectivity index (χ1n) is 19.4. The molecule has 3 aromatic heterocycles. The topological polar surface area (TPSA) is 218 Å². The SMILES string of the molecule is COc1cc(-n2ccnc2C)ccc1-c1ccc(CCC(=O)O)n1-c1ccc(C(N)=O)cc1C.Cc1cc(C(N)=O)ccc1-n1c(CCC(=O)O)ccc1-c1ccc(Cl)cc1O. The second kappa shape index (κ2) is 18.8. The van der Waals surface area contributed by atoms with Crippen LogP contribution in [0.25, 0.3) is 39.6 Å². The van der Waals surface area contributed by atoms with Crippen molar-refractivity contribution in [2.24, 2.45) is 11.5 Å². The van der Waals surface area contributed by atoms with Gasteiger partial charge in [0.05, 0.1) is 37.0 Å². The molecule has 62 heavy (non-hydrogen) atoms. The Bertz CT molecular complexity index is 2840. The molecule has 0 aliphatic heterocycles. The summed E-state index contributed by atoms with van der Waals surface area (Å²) in [7, 11) is 1.62. The number of hydrogen-bond acceptors (Lipinski definition) is 7. The zero-order chi connectivity index (χ0) is 44.8. The predicted molar refractivity (Wildman–Crippen MR) is 236 cm³/mol. The van der Waals surface area contributed by atoms with E-state index in [1.54, 1.807) is 55.8 Å². The molecule has 0 aliphatic carbocycles. The first-order valence-corrected chi connectivity index (χ1v) is 19.8. The van der Waals surface area contributed by atoms with Crippen LogP contribution < -0.4 is 16.2 Å². The number of nitrogens with zero attached hydrogens (tertiary/aromatic N) is 4. The van der Waals surface area contributed by atoms with E-state index in [0.29, 0.717) is 46.0 Å². The van der Waals surface area contributed by atoms with Gasteiger partial charge in [-0.05, 0) is 136 Å². The molecule has 0 radical (unpaired) electrons. The molecular weight excluding hydrogens is 812 g/mol. The van der Waals surface area contributed by atoms with Gasteiger partial charge in [-0.1, -0.05) is 11.6 Å². The number of aryl methyl sites for hydroxylation is 5. The molecule has 0 saturated heterocycles. The molecule has 4 aromatic carbocycles. The minimum atomic E-state index is -0.899. The highest BCUT2D eigenvalue weighted by molar-refractivity contribution is 6.30. The predicted octanol–water partition coefficient (Wildman–Crippen LogP) is 8.00. The molecule has 14 nitrogen and oxygen atoms in total. The summed E-state index contributed by atoms with van der Waals surface area (Å²) in [6, 6.07) is 28.6. The summed E-state index contributed by atoms with van der Waals surface area (Å²) >= 11 is 5.95. The van der Waals surface area contributed by atoms with Crippen LogP contribution in [0.2, 0.25) is 5.02 Å². The minimum absolute atomic E-state index is 0.00213. The third-order valence-corrected chi connectivity index (χ3v) is 10.6. The number of carbonyl (C=O) groups is 4. The molecule has 318 valence electrons. The highest BCUT2D eigenvalue weighted by Gasteiger charge is 2.20. The highest BCUT2D eigenvalue weighted by atomic mass is 35.5. The van der Waals surface area contributed by atoms with Crippen molar-refractivity contribution in [1.82, 2.24) is 18.7 Å². The number of benzene rings is 4. The number of phenols is 1. The van der Waals surface area contributed by atoms with Gasteiger partial charge in [0, 0.05) is 68.5 Å². The standard InChI is InChI=1S/C26H26N4O4.C21H19ClN2O4/c1-16-14-18(26(27)33)4-9-22(16)30-19(7-11-25(31)32)6-10-23(30)21-8-5-20(15-24(21)34-3)29-13-12-28-17(29)2;1-12-10-13(21(23)28)2-7-17(12)24-15(5-9-20(26)27)4-8-18(24)16-6-3-14(22)11-19(16)25/h4-6,8-10,12-15H,7,11H2,1-3H3,(H2,27,33)(H,31,32);2-4,6-8,10-11,25H,5,9H2,1H3,(H2,23,28)(H,26,27). The number of primary amides is 2. The van der Waals surface area contributed by atoms with Crippen LogP contribution in [0.4, 0.5) is 0 Å². The summed E-state index contributed by atoms with van der Waals surface area (Å²) in [6.45, 7) is 5.67. The zero-order valence-electron chi connectivity index (χ0n) is 34.4. The second-order valence-electron chi connectivity index (χ2n) is 14.5. The summed E-state index contributed by atoms with van der Waals surface area (Å²) in [4.78, 5) is 49.7. The van der Waals surface area contributed by atoms with Crippen LogP contribution >= 0.6 is 11.6 Å². The molecule has 0 atom stereocenters. The maximum atomic E-state index is 11.6. The van der Waals surface area contributed by atoms with Crippen LogP contribution in [0.15, 0.2) is 109 Å². The monoisotopic (exact) mass is 856 g/mol. The number of imidazole rings is 1. The summed E-state index contributed by atoms with van der Waals surface area (Å²) in [5.41, 5.74) is 20.3. The van der Waals surface area contributed by atoms with Gasteiger partial charge in [0.1, 0.15) is 17.3 Å². The van der Waals surface area contributed by atoms with Gasteiger partial charge >= 0.3 is 11.9 Å². The maximum Gasteiger partial charge on any atom is 0.303 e. The molecular formula is C47H45ClN6O8. The van der Waals surface area contributed by atoms with Crippen LogP contribution in [0.5, 0.6) is 11.5 Å². The number of hydrogen-bond donors (Lipinski definition) is 5. The summed E-state index contributed by atoms with van der Waals surface area (Å²) in [5, 5.41) is 29.1. The maximum absolute atomic E-state index is 11.6. The Morgan fingerprint density at radius 3 is 1.63 bits per heavy atom. The number of methoxy groups -OCH3 is 1. The fourth-order valence-corrected chi connectivity index (χ4v) is 7.51. The first-order chi connectivity index (χ1) is 29.6. The Balaban J connectivity index is 0.000000211. The Morgan fingerprint density at radius 2 is 1.19 bits per heavy atom. The van der Waals surface area contributed by atoms with E-state index in [4.69, 9.17) is 32.9 Å². The van der Waals surface area contributed by atoms with E-state index in [9.17, 15) is 29.4 Å². The lowest BCUT2D eigenvalue weighted by molar-refractivity contribution is -0.138. The van der Waals surface area contributed by atoms with Crippen molar-refractivity contribution in [3.63, 3.8) is 0 Å². The largest absolute Gasteiger partial charge is 0.507 e. The number of aromatic nitrogens is 4. The molecule has 7 rings (SSSR count). The number of aromatic hydroxyl groups is 1. The van der Waals surface area contributed by atoms with Gasteiger partial charge in [0.25, 0.3) is 0 Å². The summed E-state index contributed by atoms with van der Waals surface area (Å²) in [5.74, 6) is -1.25. The number of rotatable bonds is 14. The number of ether oxygens (including phenoxy) is 1. The lowest BCUT2D eigenvalue weighted by Gasteiger charge is -2.19. The van der Waals surface area contributed by atoms with E-state index in [2.05, 4.69) is 4.98 Å². The number of carbonyl (C=O) groups excluding carboxylic acids is 2. The average Bonchev–Trinajstić information content (AvgIpc) is 3.97. The zero-order valence-corrected chi connectivity index (χ0v) is 35.2. The lowest BCUT2D eigenvalue weighted by Crippen LogP contribution is -2.12. The number of aliphatic carboxylic acids is 2. The van der Waals surface area contributed by atoms with Crippen molar-refractivity contribution in [2.75, 3.05) is 7.11 Å². The molecule has 2 amide bonds. The van der Waals surface area contributed by atoms with Crippen LogP contribution in [-0.4, -0.2) is 64.9 Å². The lowest BCUT2D eigenvalue weighted by atomic mass is 10.1. The highest BCUT2D eigenvalue weighted by Crippen LogP contribution is 2.38. The van der Waals surface area contributed by atoms with E-state index in [-0.39, 0.29) is 18.6 Å². The van der Waals surface area contributed by atoms with E-state index < -0.39 is 23.8 Å². The van der Waals surface area contributed by atoms with Crippen molar-refractivity contribution in [2.45, 2.75) is 46.5 Å². The third-order valence-electron chi connectivity index (χ3n) is 10.4. The molecule has 0 spiro atoms. The van der Waals surface area contributed by atoms with Crippen LogP contribution in [-0.2, 0) is 22.4 Å². The molecule has 0 aliphatic rings. The van der Waals surface area contributed by atoms with E-state index in [1.807, 2.05) is 89.2 Å². The number of amides is 2. The Kier molecular flexibility index (Phi) is 13.3. The molecule has 7 aromatic rings. The van der Waals surface area contributed by atoms with E-state index >= 15 is 0 Å². The van der Waals surface area contributed by atoms with E-state index in [1.165, 1.54) is 6.07 Å². The number of phenolic OH excluding ortho intramolecular Hbond substituents is 1. The van der Waals surface area contributed by atoms with Crippen molar-refractivity contribution < 1.29 is 39.2 Å². The van der Waals surface area contributed by atoms with Crippen LogP contribution in [0.1, 0.15) is 61.9 Å². The Morgan fingerprint density at radius 1 is 0.677 bits per heavy atom. The van der Waals surface area contributed by atoms with Gasteiger partial charge < -0.3 is 45.2 Å². The van der Waals surface area contributed by atoms with Gasteiger partial charge in [0.15, 0.2) is 0 Å². The first kappa shape index (κ1) is 44.0. The molecule has 0 saturated carbocycles. The minimum Gasteiger partial charge on any atom is -0.507 e. The van der Waals surface area contributed by atoms with Gasteiger partial charge in [0.2, 0.25) is 11.8 Å². The third kappa shape index (κ3) is 9.56. The number of halogens is 1. The second-order valence-corrected chi connectivity index (χ2v) is 14.9. The van der Waals surface area contributed by atoms with Gasteiger partial charge in [-0.25, -0.2) is 4.98 Å². The van der Waals surface area contributed by atoms with Crippen molar-refractivity contribution in [1.29, 1.82) is 0 Å². The van der Waals surface area contributed by atoms with Crippen molar-refractivity contribution in [3.8, 4) is 51.1 Å². The molecule has 0 bridgehead atoms. The van der Waals surface area contributed by atoms with Crippen LogP contribution in [0, 0.1) is 20.8 Å².